The third kappa shape index (κ3) is 1.78. The van der Waals surface area contributed by atoms with Gasteiger partial charge in [-0.15, -0.1) is 11.3 Å². The van der Waals surface area contributed by atoms with Crippen LogP contribution in [0, 0.1) is 6.07 Å². The zero-order valence-electron chi connectivity index (χ0n) is 7.45. The zero-order chi connectivity index (χ0) is 9.10. The molecule has 1 radical (unpaired) electrons. The molecular formula is C11H10NS. The highest BCUT2D eigenvalue weighted by Crippen LogP contribution is 2.21. The molecule has 2 aromatic rings. The summed E-state index contributed by atoms with van der Waals surface area (Å²) in [6.07, 6.45) is 1.02. The largest absolute Gasteiger partial charge is 0.241 e. The average molecular weight is 188 g/mol. The Kier molecular flexibility index (Phi) is 2.41. The van der Waals surface area contributed by atoms with Crippen LogP contribution in [0.4, 0.5) is 0 Å². The van der Waals surface area contributed by atoms with Gasteiger partial charge in [-0.2, -0.15) is 0 Å². The quantitative estimate of drug-likeness (QED) is 0.705. The molecule has 0 fully saturated rings. The molecule has 0 atom stereocenters. The smallest absolute Gasteiger partial charge is 0.0929 e. The van der Waals surface area contributed by atoms with E-state index in [0.29, 0.717) is 0 Å². The van der Waals surface area contributed by atoms with E-state index in [-0.39, 0.29) is 0 Å². The third-order valence-corrected chi connectivity index (χ3v) is 2.86. The van der Waals surface area contributed by atoms with Crippen LogP contribution in [0.25, 0.3) is 11.3 Å². The van der Waals surface area contributed by atoms with Crippen molar-refractivity contribution in [3.63, 3.8) is 0 Å². The molecule has 65 valence electrons. The summed E-state index contributed by atoms with van der Waals surface area (Å²) in [5.41, 5.74) is 2.26. The van der Waals surface area contributed by atoms with Crippen LogP contribution in [0.1, 0.15) is 11.9 Å². The van der Waals surface area contributed by atoms with Gasteiger partial charge in [-0.05, 0) is 12.5 Å². The Morgan fingerprint density at radius 2 is 2.15 bits per heavy atom. The molecule has 0 amide bonds. The number of hydrogen-bond donors (Lipinski definition) is 0. The van der Waals surface area contributed by atoms with E-state index in [9.17, 15) is 0 Å². The Bertz CT molecular complexity index is 378. The van der Waals surface area contributed by atoms with Crippen molar-refractivity contribution in [3.8, 4) is 11.3 Å². The van der Waals surface area contributed by atoms with Crippen molar-refractivity contribution < 1.29 is 0 Å². The van der Waals surface area contributed by atoms with Gasteiger partial charge in [-0.3, -0.25) is 0 Å². The van der Waals surface area contributed by atoms with E-state index in [4.69, 9.17) is 0 Å². The Morgan fingerprint density at radius 1 is 1.38 bits per heavy atom. The van der Waals surface area contributed by atoms with Crippen molar-refractivity contribution in [3.05, 3.63) is 40.7 Å². The average Bonchev–Trinajstić information content (AvgIpc) is 2.67. The SMILES string of the molecule is CCc1nc(-c2cc[c]cc2)cs1. The summed E-state index contributed by atoms with van der Waals surface area (Å²) in [4.78, 5) is 4.50. The van der Waals surface area contributed by atoms with Gasteiger partial charge in [0.05, 0.1) is 10.7 Å². The molecule has 13 heavy (non-hydrogen) atoms. The maximum atomic E-state index is 4.50. The molecule has 0 aliphatic rings. The predicted octanol–water partition coefficient (Wildman–Crippen LogP) is 3.17. The predicted molar refractivity (Wildman–Crippen MR) is 55.8 cm³/mol. The van der Waals surface area contributed by atoms with E-state index >= 15 is 0 Å². The third-order valence-electron chi connectivity index (χ3n) is 1.87. The van der Waals surface area contributed by atoms with Gasteiger partial charge in [0.2, 0.25) is 0 Å². The van der Waals surface area contributed by atoms with Crippen LogP contribution >= 0.6 is 11.3 Å². The first-order valence-corrected chi connectivity index (χ1v) is 5.19. The summed E-state index contributed by atoms with van der Waals surface area (Å²) in [6, 6.07) is 10.9. The molecule has 0 saturated carbocycles. The highest BCUT2D eigenvalue weighted by Gasteiger charge is 2.01. The monoisotopic (exact) mass is 188 g/mol. The van der Waals surface area contributed by atoms with Crippen LogP contribution in [-0.4, -0.2) is 4.98 Å². The van der Waals surface area contributed by atoms with Crippen LogP contribution in [0.2, 0.25) is 0 Å². The highest BCUT2D eigenvalue weighted by molar-refractivity contribution is 7.09. The molecule has 0 aliphatic heterocycles. The molecule has 1 heterocycles. The number of nitrogens with zero attached hydrogens (tertiary/aromatic N) is 1. The first-order chi connectivity index (χ1) is 6.40. The Hall–Kier alpha value is -1.15. The lowest BCUT2D eigenvalue weighted by Gasteiger charge is -1.93. The minimum absolute atomic E-state index is 1.02. The van der Waals surface area contributed by atoms with E-state index in [0.717, 1.165) is 12.1 Å². The summed E-state index contributed by atoms with van der Waals surface area (Å²) < 4.78 is 0. The first kappa shape index (κ1) is 8.45. The van der Waals surface area contributed by atoms with Crippen LogP contribution in [0.5, 0.6) is 0 Å². The van der Waals surface area contributed by atoms with Crippen molar-refractivity contribution in [2.24, 2.45) is 0 Å². The van der Waals surface area contributed by atoms with Crippen molar-refractivity contribution in [1.29, 1.82) is 0 Å². The number of thiazole rings is 1. The van der Waals surface area contributed by atoms with Crippen LogP contribution in [-0.2, 0) is 6.42 Å². The van der Waals surface area contributed by atoms with Gasteiger partial charge in [0, 0.05) is 10.9 Å². The van der Waals surface area contributed by atoms with Gasteiger partial charge >= 0.3 is 0 Å². The summed E-state index contributed by atoms with van der Waals surface area (Å²) in [7, 11) is 0. The zero-order valence-corrected chi connectivity index (χ0v) is 8.27. The van der Waals surface area contributed by atoms with Gasteiger partial charge in [-0.1, -0.05) is 31.2 Å². The first-order valence-electron chi connectivity index (χ1n) is 4.31. The second-order valence-electron chi connectivity index (χ2n) is 2.77. The fourth-order valence-corrected chi connectivity index (χ4v) is 1.92. The number of aromatic nitrogens is 1. The number of aryl methyl sites for hydroxylation is 1. The van der Waals surface area contributed by atoms with Gasteiger partial charge in [0.15, 0.2) is 0 Å². The second-order valence-corrected chi connectivity index (χ2v) is 3.71. The highest BCUT2D eigenvalue weighted by atomic mass is 32.1. The molecule has 0 N–H and O–H groups in total. The molecular weight excluding hydrogens is 178 g/mol. The molecule has 2 rings (SSSR count). The van der Waals surface area contributed by atoms with Gasteiger partial charge in [0.25, 0.3) is 0 Å². The number of hydrogen-bond acceptors (Lipinski definition) is 2. The van der Waals surface area contributed by atoms with Gasteiger partial charge < -0.3 is 0 Å². The van der Waals surface area contributed by atoms with Crippen LogP contribution in [0.15, 0.2) is 29.6 Å². The molecule has 1 aromatic carbocycles. The standard InChI is InChI=1S/C11H10NS/c1-2-11-12-10(8-13-11)9-6-4-3-5-7-9/h4-8H,2H2,1H3. The number of benzene rings is 1. The lowest BCUT2D eigenvalue weighted by Crippen LogP contribution is -1.79. The van der Waals surface area contributed by atoms with E-state index in [1.165, 1.54) is 10.6 Å². The molecule has 0 unspecified atom stereocenters. The molecule has 0 spiro atoms. The van der Waals surface area contributed by atoms with Crippen molar-refractivity contribution in [2.75, 3.05) is 0 Å². The maximum absolute atomic E-state index is 4.50. The van der Waals surface area contributed by atoms with Crippen molar-refractivity contribution >= 4 is 11.3 Å². The van der Waals surface area contributed by atoms with Crippen molar-refractivity contribution in [2.45, 2.75) is 13.3 Å². The minimum Gasteiger partial charge on any atom is -0.241 e. The fourth-order valence-electron chi connectivity index (χ4n) is 1.16. The minimum atomic E-state index is 1.02. The van der Waals surface area contributed by atoms with Crippen molar-refractivity contribution in [1.82, 2.24) is 4.98 Å². The normalized spacial score (nSPS) is 10.2. The summed E-state index contributed by atoms with van der Waals surface area (Å²) in [5.74, 6) is 0. The lowest BCUT2D eigenvalue weighted by molar-refractivity contribution is 1.10. The van der Waals surface area contributed by atoms with E-state index < -0.39 is 0 Å². The molecule has 0 saturated heterocycles. The Balaban J connectivity index is 2.36. The lowest BCUT2D eigenvalue weighted by atomic mass is 10.2. The summed E-state index contributed by atoms with van der Waals surface area (Å²) in [6.45, 7) is 2.13. The second kappa shape index (κ2) is 3.71. The fraction of sp³-hybridized carbons (Fsp3) is 0.182. The van der Waals surface area contributed by atoms with Crippen LogP contribution < -0.4 is 0 Å². The summed E-state index contributed by atoms with van der Waals surface area (Å²) in [5, 5.41) is 3.30. The molecule has 0 aliphatic carbocycles. The topological polar surface area (TPSA) is 12.9 Å². The maximum Gasteiger partial charge on any atom is 0.0929 e. The van der Waals surface area contributed by atoms with E-state index in [2.05, 4.69) is 23.4 Å². The Morgan fingerprint density at radius 3 is 2.77 bits per heavy atom. The van der Waals surface area contributed by atoms with E-state index in [1.807, 2.05) is 24.3 Å². The molecule has 2 heteroatoms. The van der Waals surface area contributed by atoms with Gasteiger partial charge in [0.1, 0.15) is 0 Å². The molecule has 0 bridgehead atoms. The summed E-state index contributed by atoms with van der Waals surface area (Å²) >= 11 is 1.72. The van der Waals surface area contributed by atoms with Crippen LogP contribution in [0.3, 0.4) is 0 Å². The Labute approximate surface area is 82.1 Å². The van der Waals surface area contributed by atoms with Gasteiger partial charge in [-0.25, -0.2) is 4.98 Å². The molecule has 1 aromatic heterocycles. The van der Waals surface area contributed by atoms with E-state index in [1.54, 1.807) is 11.3 Å². The molecule has 1 nitrogen and oxygen atoms in total. The number of rotatable bonds is 2.